The van der Waals surface area contributed by atoms with Gasteiger partial charge in [-0.2, -0.15) is 5.10 Å². The number of aryl methyl sites for hydroxylation is 1. The topological polar surface area (TPSA) is 38.1 Å². The number of piperidine rings is 1. The highest BCUT2D eigenvalue weighted by molar-refractivity contribution is 5.94. The van der Waals surface area contributed by atoms with Crippen molar-refractivity contribution in [1.29, 1.82) is 0 Å². The molecule has 2 heterocycles. The van der Waals surface area contributed by atoms with Crippen molar-refractivity contribution in [2.75, 3.05) is 13.1 Å². The second-order valence-electron chi connectivity index (χ2n) is 7.28. The summed E-state index contributed by atoms with van der Waals surface area (Å²) >= 11 is 0. The lowest BCUT2D eigenvalue weighted by atomic mass is 9.75. The van der Waals surface area contributed by atoms with Gasteiger partial charge in [-0.05, 0) is 61.9 Å². The molecule has 1 aromatic carbocycles. The van der Waals surface area contributed by atoms with Crippen LogP contribution in [-0.2, 0) is 0 Å². The molecule has 24 heavy (non-hydrogen) atoms. The molecule has 2 aromatic rings. The molecule has 2 fully saturated rings. The maximum Gasteiger partial charge on any atom is 0.253 e. The summed E-state index contributed by atoms with van der Waals surface area (Å²) in [7, 11) is 0. The molecule has 1 aliphatic heterocycles. The summed E-state index contributed by atoms with van der Waals surface area (Å²) in [5, 5.41) is 4.32. The van der Waals surface area contributed by atoms with Crippen LogP contribution in [0.25, 0.3) is 5.69 Å². The Labute approximate surface area is 143 Å². The molecule has 0 unspecified atom stereocenters. The van der Waals surface area contributed by atoms with Crippen molar-refractivity contribution in [3.8, 4) is 5.69 Å². The molecule has 1 amide bonds. The van der Waals surface area contributed by atoms with Gasteiger partial charge in [0.2, 0.25) is 0 Å². The Morgan fingerprint density at radius 3 is 2.50 bits per heavy atom. The third kappa shape index (κ3) is 2.85. The molecule has 1 aromatic heterocycles. The first-order chi connectivity index (χ1) is 11.7. The third-order valence-electron chi connectivity index (χ3n) is 5.77. The Bertz CT molecular complexity index is 719. The van der Waals surface area contributed by atoms with Gasteiger partial charge in [0.25, 0.3) is 5.91 Å². The van der Waals surface area contributed by atoms with Crippen molar-refractivity contribution in [3.05, 3.63) is 47.8 Å². The lowest BCUT2D eigenvalue weighted by Gasteiger charge is -2.41. The van der Waals surface area contributed by atoms with Gasteiger partial charge in [-0.15, -0.1) is 0 Å². The Kier molecular flexibility index (Phi) is 4.13. The Balaban J connectivity index is 1.47. The molecule has 126 valence electrons. The van der Waals surface area contributed by atoms with Crippen molar-refractivity contribution in [3.63, 3.8) is 0 Å². The first-order valence-electron chi connectivity index (χ1n) is 9.13. The smallest absolute Gasteiger partial charge is 0.253 e. The fourth-order valence-electron chi connectivity index (χ4n) is 4.35. The highest BCUT2D eigenvalue weighted by Crippen LogP contribution is 2.36. The van der Waals surface area contributed by atoms with Gasteiger partial charge in [0.15, 0.2) is 0 Å². The molecule has 2 aliphatic rings. The summed E-state index contributed by atoms with van der Waals surface area (Å²) in [6.45, 7) is 3.89. The van der Waals surface area contributed by atoms with Crippen LogP contribution >= 0.6 is 0 Å². The molecule has 0 radical (unpaired) electrons. The van der Waals surface area contributed by atoms with E-state index in [0.717, 1.165) is 41.9 Å². The van der Waals surface area contributed by atoms with E-state index < -0.39 is 0 Å². The number of rotatable bonds is 2. The van der Waals surface area contributed by atoms with E-state index in [9.17, 15) is 4.79 Å². The van der Waals surface area contributed by atoms with Crippen LogP contribution in [-0.4, -0.2) is 33.7 Å². The average Bonchev–Trinajstić information content (AvgIpc) is 3.07. The fourth-order valence-corrected chi connectivity index (χ4v) is 4.35. The zero-order valence-electron chi connectivity index (χ0n) is 14.3. The standard InChI is InChI=1S/C20H25N3O/c1-15-10-12-21-23(15)19-8-6-17(7-9-19)20(24)22-13-11-16-4-2-3-5-18(16)14-22/h6-10,12,16,18H,2-5,11,13-14H2,1H3/t16-,18+/m0/s1. The minimum Gasteiger partial charge on any atom is -0.338 e. The monoisotopic (exact) mass is 323 g/mol. The molecule has 2 atom stereocenters. The Morgan fingerprint density at radius 1 is 1.04 bits per heavy atom. The lowest BCUT2D eigenvalue weighted by molar-refractivity contribution is 0.0521. The number of aromatic nitrogens is 2. The van der Waals surface area contributed by atoms with Crippen LogP contribution in [0.1, 0.15) is 48.2 Å². The number of carbonyl (C=O) groups excluding carboxylic acids is 1. The van der Waals surface area contributed by atoms with Gasteiger partial charge in [0.1, 0.15) is 0 Å². The van der Waals surface area contributed by atoms with E-state index in [-0.39, 0.29) is 5.91 Å². The largest absolute Gasteiger partial charge is 0.338 e. The Morgan fingerprint density at radius 2 is 1.79 bits per heavy atom. The maximum absolute atomic E-state index is 12.8. The highest BCUT2D eigenvalue weighted by atomic mass is 16.2. The predicted octanol–water partition coefficient (Wildman–Crippen LogP) is 3.83. The first-order valence-corrected chi connectivity index (χ1v) is 9.13. The van der Waals surface area contributed by atoms with Crippen molar-refractivity contribution in [1.82, 2.24) is 14.7 Å². The molecule has 0 bridgehead atoms. The molecule has 0 N–H and O–H groups in total. The minimum absolute atomic E-state index is 0.183. The van der Waals surface area contributed by atoms with Crippen LogP contribution < -0.4 is 0 Å². The summed E-state index contributed by atoms with van der Waals surface area (Å²) in [5.74, 6) is 1.76. The van der Waals surface area contributed by atoms with E-state index in [1.54, 1.807) is 6.20 Å². The van der Waals surface area contributed by atoms with Crippen LogP contribution in [0.5, 0.6) is 0 Å². The molecule has 1 aliphatic carbocycles. The number of fused-ring (bicyclic) bond motifs is 1. The van der Waals surface area contributed by atoms with Crippen molar-refractivity contribution in [2.45, 2.75) is 39.0 Å². The second-order valence-corrected chi connectivity index (χ2v) is 7.28. The van der Waals surface area contributed by atoms with Crippen LogP contribution in [0.15, 0.2) is 36.5 Å². The SMILES string of the molecule is Cc1ccnn1-c1ccc(C(=O)N2CC[C@@H]3CCCC[C@@H]3C2)cc1. The van der Waals surface area contributed by atoms with Gasteiger partial charge in [0, 0.05) is 30.5 Å². The van der Waals surface area contributed by atoms with Gasteiger partial charge < -0.3 is 4.90 Å². The van der Waals surface area contributed by atoms with Crippen molar-refractivity contribution in [2.24, 2.45) is 11.8 Å². The number of hydrogen-bond acceptors (Lipinski definition) is 2. The second kappa shape index (κ2) is 6.42. The quantitative estimate of drug-likeness (QED) is 0.842. The summed E-state index contributed by atoms with van der Waals surface area (Å²) < 4.78 is 1.89. The summed E-state index contributed by atoms with van der Waals surface area (Å²) in [5.41, 5.74) is 2.88. The minimum atomic E-state index is 0.183. The van der Waals surface area contributed by atoms with Gasteiger partial charge in [-0.1, -0.05) is 19.3 Å². The number of likely N-dealkylation sites (tertiary alicyclic amines) is 1. The third-order valence-corrected chi connectivity index (χ3v) is 5.77. The lowest BCUT2D eigenvalue weighted by Crippen LogP contribution is -2.44. The van der Waals surface area contributed by atoms with E-state index in [1.807, 2.05) is 41.9 Å². The van der Waals surface area contributed by atoms with Gasteiger partial charge in [-0.25, -0.2) is 4.68 Å². The van der Waals surface area contributed by atoms with Crippen LogP contribution in [0.3, 0.4) is 0 Å². The molecule has 4 nitrogen and oxygen atoms in total. The normalized spacial score (nSPS) is 23.8. The number of amides is 1. The van der Waals surface area contributed by atoms with Crippen LogP contribution in [0, 0.1) is 18.8 Å². The molecule has 1 saturated heterocycles. The predicted molar refractivity (Wildman–Crippen MR) is 94.3 cm³/mol. The fraction of sp³-hybridized carbons (Fsp3) is 0.500. The molecule has 4 heteroatoms. The van der Waals surface area contributed by atoms with E-state index >= 15 is 0 Å². The van der Waals surface area contributed by atoms with Gasteiger partial charge in [-0.3, -0.25) is 4.79 Å². The molecular formula is C20H25N3O. The summed E-state index contributed by atoms with van der Waals surface area (Å²) in [6.07, 6.45) is 8.35. The van der Waals surface area contributed by atoms with Crippen LogP contribution in [0.4, 0.5) is 0 Å². The molecule has 0 spiro atoms. The van der Waals surface area contributed by atoms with E-state index in [1.165, 1.54) is 32.1 Å². The van der Waals surface area contributed by atoms with E-state index in [2.05, 4.69) is 10.00 Å². The number of benzene rings is 1. The number of carbonyl (C=O) groups is 1. The van der Waals surface area contributed by atoms with Gasteiger partial charge in [0.05, 0.1) is 5.69 Å². The van der Waals surface area contributed by atoms with E-state index in [4.69, 9.17) is 0 Å². The molecule has 1 saturated carbocycles. The first kappa shape index (κ1) is 15.4. The molecule has 4 rings (SSSR count). The number of hydrogen-bond donors (Lipinski definition) is 0. The van der Waals surface area contributed by atoms with Crippen LogP contribution in [0.2, 0.25) is 0 Å². The van der Waals surface area contributed by atoms with Crippen molar-refractivity contribution >= 4 is 5.91 Å². The van der Waals surface area contributed by atoms with E-state index in [0.29, 0.717) is 0 Å². The summed E-state index contributed by atoms with van der Waals surface area (Å²) in [4.78, 5) is 14.9. The van der Waals surface area contributed by atoms with Crippen molar-refractivity contribution < 1.29 is 4.79 Å². The zero-order valence-corrected chi connectivity index (χ0v) is 14.3. The summed E-state index contributed by atoms with van der Waals surface area (Å²) in [6, 6.07) is 9.83. The van der Waals surface area contributed by atoms with Gasteiger partial charge >= 0.3 is 0 Å². The zero-order chi connectivity index (χ0) is 16.5. The Hall–Kier alpha value is -2.10. The maximum atomic E-state index is 12.8. The highest BCUT2D eigenvalue weighted by Gasteiger charge is 2.33. The average molecular weight is 323 g/mol. The molecular weight excluding hydrogens is 298 g/mol. The number of nitrogens with zero attached hydrogens (tertiary/aromatic N) is 3.